The number of carboxylic acid groups (broad SMARTS) is 1. The number of nitrogens with zero attached hydrogens (tertiary/aromatic N) is 3. The third-order valence-electron chi connectivity index (χ3n) is 2.39. The summed E-state index contributed by atoms with van der Waals surface area (Å²) in [5.74, 6) is -1.05. The number of ether oxygens (including phenoxy) is 1. The summed E-state index contributed by atoms with van der Waals surface area (Å²) < 4.78 is 5.00. The lowest BCUT2D eigenvalue weighted by Gasteiger charge is -2.23. The molecule has 1 aromatic rings. The minimum atomic E-state index is -1.05. The number of rotatable bonds is 7. The Balaban J connectivity index is 2.77. The van der Waals surface area contributed by atoms with Gasteiger partial charge in [-0.25, -0.2) is 9.78 Å². The zero-order valence-electron chi connectivity index (χ0n) is 10.2. The molecule has 1 heterocycles. The molecule has 0 aromatic carbocycles. The number of methoxy groups -OCH3 is 1. The zero-order valence-corrected chi connectivity index (χ0v) is 10.2. The molecule has 0 spiro atoms. The topological polar surface area (TPSA) is 86.5 Å². The minimum absolute atomic E-state index is 0.00530. The van der Waals surface area contributed by atoms with E-state index < -0.39 is 5.97 Å². The van der Waals surface area contributed by atoms with E-state index in [2.05, 4.69) is 11.1 Å². The number of anilines is 1. The Morgan fingerprint density at radius 3 is 2.83 bits per heavy atom. The van der Waals surface area contributed by atoms with E-state index in [1.165, 1.54) is 12.3 Å². The summed E-state index contributed by atoms with van der Waals surface area (Å²) in [5.41, 5.74) is 0.790. The quantitative estimate of drug-likeness (QED) is 0.780. The number of carboxylic acids is 1. The van der Waals surface area contributed by atoms with Crippen LogP contribution in [0.25, 0.3) is 0 Å². The van der Waals surface area contributed by atoms with Crippen LogP contribution in [0.4, 0.5) is 5.69 Å². The van der Waals surface area contributed by atoms with E-state index in [4.69, 9.17) is 15.1 Å². The van der Waals surface area contributed by atoms with Crippen molar-refractivity contribution in [2.75, 3.05) is 31.7 Å². The summed E-state index contributed by atoms with van der Waals surface area (Å²) in [6.07, 6.45) is 1.89. The number of pyridine rings is 1. The zero-order chi connectivity index (χ0) is 13.4. The molecular formula is C12H15N3O3. The lowest BCUT2D eigenvalue weighted by atomic mass is 10.3. The Morgan fingerprint density at radius 2 is 2.33 bits per heavy atom. The summed E-state index contributed by atoms with van der Waals surface area (Å²) in [6, 6.07) is 5.21. The van der Waals surface area contributed by atoms with Gasteiger partial charge >= 0.3 is 5.97 Å². The van der Waals surface area contributed by atoms with Crippen molar-refractivity contribution in [2.24, 2.45) is 0 Å². The molecule has 96 valence electrons. The van der Waals surface area contributed by atoms with Crippen LogP contribution in [0.5, 0.6) is 0 Å². The lowest BCUT2D eigenvalue weighted by molar-refractivity contribution is 0.0690. The first-order valence-corrected chi connectivity index (χ1v) is 5.49. The minimum Gasteiger partial charge on any atom is -0.477 e. The van der Waals surface area contributed by atoms with Crippen LogP contribution in [0.15, 0.2) is 18.3 Å². The van der Waals surface area contributed by atoms with Crippen molar-refractivity contribution in [3.8, 4) is 6.07 Å². The predicted molar refractivity (Wildman–Crippen MR) is 65.5 cm³/mol. The van der Waals surface area contributed by atoms with E-state index >= 15 is 0 Å². The van der Waals surface area contributed by atoms with E-state index in [-0.39, 0.29) is 5.69 Å². The highest BCUT2D eigenvalue weighted by molar-refractivity contribution is 5.85. The summed E-state index contributed by atoms with van der Waals surface area (Å²) in [4.78, 5) is 16.5. The Kier molecular flexibility index (Phi) is 5.61. The molecule has 6 heteroatoms. The maximum atomic E-state index is 10.7. The van der Waals surface area contributed by atoms with Crippen LogP contribution in [0.2, 0.25) is 0 Å². The molecule has 6 nitrogen and oxygen atoms in total. The second kappa shape index (κ2) is 7.25. The van der Waals surface area contributed by atoms with Crippen molar-refractivity contribution in [3.05, 3.63) is 24.0 Å². The van der Waals surface area contributed by atoms with Crippen LogP contribution in [0.1, 0.15) is 16.9 Å². The van der Waals surface area contributed by atoms with E-state index in [0.717, 1.165) is 5.69 Å². The van der Waals surface area contributed by atoms with Crippen molar-refractivity contribution in [1.82, 2.24) is 4.98 Å². The molecular weight excluding hydrogens is 234 g/mol. The van der Waals surface area contributed by atoms with Gasteiger partial charge in [0.1, 0.15) is 5.69 Å². The molecule has 1 aromatic heterocycles. The fourth-order valence-corrected chi connectivity index (χ4v) is 1.46. The summed E-state index contributed by atoms with van der Waals surface area (Å²) in [5, 5.41) is 17.4. The molecule has 0 unspecified atom stereocenters. The van der Waals surface area contributed by atoms with Crippen molar-refractivity contribution in [2.45, 2.75) is 6.42 Å². The van der Waals surface area contributed by atoms with Crippen LogP contribution in [-0.2, 0) is 4.74 Å². The van der Waals surface area contributed by atoms with Gasteiger partial charge in [-0.1, -0.05) is 0 Å². The van der Waals surface area contributed by atoms with E-state index in [1.807, 2.05) is 4.90 Å². The standard InChI is InChI=1S/C12H15N3O3/c1-18-8-7-15(6-2-5-13)10-3-4-11(12(16)17)14-9-10/h3-4,9H,2,6-8H2,1H3,(H,16,17). The molecule has 0 amide bonds. The van der Waals surface area contributed by atoms with Gasteiger partial charge in [-0.05, 0) is 12.1 Å². The number of hydrogen-bond acceptors (Lipinski definition) is 5. The van der Waals surface area contributed by atoms with Gasteiger partial charge in [0.2, 0.25) is 0 Å². The lowest BCUT2D eigenvalue weighted by Crippen LogP contribution is -2.28. The Bertz CT molecular complexity index is 425. The first kappa shape index (κ1) is 13.9. The molecule has 0 saturated heterocycles. The third-order valence-corrected chi connectivity index (χ3v) is 2.39. The predicted octanol–water partition coefficient (Wildman–Crippen LogP) is 1.15. The normalized spacial score (nSPS) is 9.78. The van der Waals surface area contributed by atoms with E-state index in [0.29, 0.717) is 26.1 Å². The van der Waals surface area contributed by atoms with Crippen molar-refractivity contribution >= 4 is 11.7 Å². The number of aromatic carboxylic acids is 1. The molecule has 0 bridgehead atoms. The average Bonchev–Trinajstić information content (AvgIpc) is 2.39. The smallest absolute Gasteiger partial charge is 0.354 e. The van der Waals surface area contributed by atoms with Gasteiger partial charge in [-0.2, -0.15) is 5.26 Å². The molecule has 1 rings (SSSR count). The highest BCUT2D eigenvalue weighted by Gasteiger charge is 2.09. The number of hydrogen-bond donors (Lipinski definition) is 1. The second-order valence-electron chi connectivity index (χ2n) is 3.59. The van der Waals surface area contributed by atoms with Gasteiger partial charge < -0.3 is 14.7 Å². The van der Waals surface area contributed by atoms with Gasteiger partial charge in [0.05, 0.1) is 31.0 Å². The Labute approximate surface area is 105 Å². The number of nitriles is 1. The molecule has 0 atom stereocenters. The molecule has 0 radical (unpaired) electrons. The van der Waals surface area contributed by atoms with Crippen LogP contribution in [-0.4, -0.2) is 42.9 Å². The van der Waals surface area contributed by atoms with Crippen LogP contribution >= 0.6 is 0 Å². The molecule has 18 heavy (non-hydrogen) atoms. The van der Waals surface area contributed by atoms with Gasteiger partial charge in [0, 0.05) is 20.2 Å². The first-order chi connectivity index (χ1) is 8.69. The monoisotopic (exact) mass is 249 g/mol. The second-order valence-corrected chi connectivity index (χ2v) is 3.59. The SMILES string of the molecule is COCCN(CCC#N)c1ccc(C(=O)O)nc1. The summed E-state index contributed by atoms with van der Waals surface area (Å²) in [7, 11) is 1.61. The largest absolute Gasteiger partial charge is 0.477 e. The van der Waals surface area contributed by atoms with Crippen molar-refractivity contribution in [1.29, 1.82) is 5.26 Å². The molecule has 1 N–H and O–H groups in total. The van der Waals surface area contributed by atoms with E-state index in [1.54, 1.807) is 13.2 Å². The Morgan fingerprint density at radius 1 is 1.56 bits per heavy atom. The van der Waals surface area contributed by atoms with Gasteiger partial charge in [0.15, 0.2) is 0 Å². The van der Waals surface area contributed by atoms with Gasteiger partial charge in [-0.15, -0.1) is 0 Å². The van der Waals surface area contributed by atoms with E-state index in [9.17, 15) is 4.79 Å². The fraction of sp³-hybridized carbons (Fsp3) is 0.417. The molecule has 0 aliphatic heterocycles. The van der Waals surface area contributed by atoms with Gasteiger partial charge in [-0.3, -0.25) is 0 Å². The first-order valence-electron chi connectivity index (χ1n) is 5.49. The summed E-state index contributed by atoms with van der Waals surface area (Å²) >= 11 is 0. The van der Waals surface area contributed by atoms with Crippen molar-refractivity contribution in [3.63, 3.8) is 0 Å². The molecule has 0 aliphatic rings. The average molecular weight is 249 g/mol. The van der Waals surface area contributed by atoms with Crippen LogP contribution in [0, 0.1) is 11.3 Å². The molecule has 0 saturated carbocycles. The molecule has 0 aliphatic carbocycles. The highest BCUT2D eigenvalue weighted by atomic mass is 16.5. The Hall–Kier alpha value is -2.13. The fourth-order valence-electron chi connectivity index (χ4n) is 1.46. The number of aromatic nitrogens is 1. The third kappa shape index (κ3) is 4.03. The van der Waals surface area contributed by atoms with Crippen LogP contribution in [0.3, 0.4) is 0 Å². The van der Waals surface area contributed by atoms with Crippen molar-refractivity contribution < 1.29 is 14.6 Å². The van der Waals surface area contributed by atoms with Gasteiger partial charge in [0.25, 0.3) is 0 Å². The highest BCUT2D eigenvalue weighted by Crippen LogP contribution is 2.13. The number of carbonyl (C=O) groups is 1. The maximum absolute atomic E-state index is 10.7. The van der Waals surface area contributed by atoms with Crippen LogP contribution < -0.4 is 4.90 Å². The molecule has 0 fully saturated rings. The maximum Gasteiger partial charge on any atom is 0.354 e. The summed E-state index contributed by atoms with van der Waals surface area (Å²) in [6.45, 7) is 1.73.